The number of benzene rings is 3. The third kappa shape index (κ3) is 3.84. The van der Waals surface area contributed by atoms with Crippen molar-refractivity contribution in [2.45, 2.75) is 13.5 Å². The summed E-state index contributed by atoms with van der Waals surface area (Å²) in [4.78, 5) is 38.5. The summed E-state index contributed by atoms with van der Waals surface area (Å²) in [5.41, 5.74) is 6.35. The predicted molar refractivity (Wildman–Crippen MR) is 132 cm³/mol. The van der Waals surface area contributed by atoms with Crippen LogP contribution in [0.2, 0.25) is 0 Å². The molecule has 34 heavy (non-hydrogen) atoms. The topological polar surface area (TPSA) is 83.4 Å². The van der Waals surface area contributed by atoms with Crippen LogP contribution in [-0.4, -0.2) is 22.3 Å². The Morgan fingerprint density at radius 1 is 0.912 bits per heavy atom. The van der Waals surface area contributed by atoms with Crippen LogP contribution in [0.1, 0.15) is 11.3 Å². The molecule has 1 aliphatic heterocycles. The first-order chi connectivity index (χ1) is 16.5. The van der Waals surface area contributed by atoms with Gasteiger partial charge in [-0.15, -0.1) is 0 Å². The Bertz CT molecular complexity index is 1440. The average Bonchev–Trinajstić information content (AvgIpc) is 3.29. The number of nitrogens with zero attached hydrogens (tertiary/aromatic N) is 2. The Hall–Kier alpha value is -4.65. The lowest BCUT2D eigenvalue weighted by Crippen LogP contribution is -2.35. The van der Waals surface area contributed by atoms with E-state index in [2.05, 4.69) is 10.7 Å². The Morgan fingerprint density at radius 3 is 2.29 bits per heavy atom. The van der Waals surface area contributed by atoms with Gasteiger partial charge in [0.15, 0.2) is 0 Å². The molecule has 0 radical (unpaired) electrons. The molecule has 1 aliphatic rings. The first kappa shape index (κ1) is 21.2. The number of carbonyl (C=O) groups is 3. The van der Waals surface area contributed by atoms with Crippen LogP contribution in [0.5, 0.6) is 0 Å². The molecule has 5 rings (SSSR count). The van der Waals surface area contributed by atoms with Crippen molar-refractivity contribution in [2.24, 2.45) is 0 Å². The monoisotopic (exact) mass is 450 g/mol. The fourth-order valence-electron chi connectivity index (χ4n) is 4.17. The smallest absolute Gasteiger partial charge is 0.282 e. The molecule has 7 nitrogen and oxygen atoms in total. The van der Waals surface area contributed by atoms with E-state index in [1.54, 1.807) is 30.3 Å². The fraction of sp³-hybridized carbons (Fsp3) is 0.0741. The maximum absolute atomic E-state index is 13.1. The van der Waals surface area contributed by atoms with Crippen molar-refractivity contribution < 1.29 is 14.4 Å². The molecule has 0 spiro atoms. The molecule has 3 aromatic carbocycles. The Labute approximate surface area is 196 Å². The summed E-state index contributed by atoms with van der Waals surface area (Å²) in [5.74, 6) is -1.06. The molecule has 1 fully saturated rings. The number of anilines is 2. The average molecular weight is 450 g/mol. The lowest BCUT2D eigenvalue weighted by Gasteiger charge is -2.13. The van der Waals surface area contributed by atoms with Crippen molar-refractivity contribution in [3.05, 3.63) is 102 Å². The predicted octanol–water partition coefficient (Wildman–Crippen LogP) is 4.05. The first-order valence-corrected chi connectivity index (χ1v) is 10.9. The molecule has 168 valence electrons. The van der Waals surface area contributed by atoms with E-state index in [9.17, 15) is 14.4 Å². The van der Waals surface area contributed by atoms with E-state index in [-0.39, 0.29) is 18.0 Å². The zero-order valence-electron chi connectivity index (χ0n) is 18.5. The van der Waals surface area contributed by atoms with Gasteiger partial charge in [-0.25, -0.2) is 5.01 Å². The highest BCUT2D eigenvalue weighted by Gasteiger charge is 2.35. The molecule has 7 heteroatoms. The SMILES string of the molecule is Cc1c(/C=C2/C(=O)NN(c3ccccc3)C2=O)c2ccccc2n1CC(=O)Nc1ccccc1. The van der Waals surface area contributed by atoms with Crippen molar-refractivity contribution in [1.82, 2.24) is 9.99 Å². The van der Waals surface area contributed by atoms with Crippen LogP contribution in [0.15, 0.2) is 90.5 Å². The van der Waals surface area contributed by atoms with E-state index < -0.39 is 11.8 Å². The summed E-state index contributed by atoms with van der Waals surface area (Å²) >= 11 is 0. The van der Waals surface area contributed by atoms with Crippen LogP contribution >= 0.6 is 0 Å². The van der Waals surface area contributed by atoms with Crippen LogP contribution < -0.4 is 15.8 Å². The molecule has 0 unspecified atom stereocenters. The summed E-state index contributed by atoms with van der Waals surface area (Å²) in [6, 6.07) is 25.9. The van der Waals surface area contributed by atoms with Gasteiger partial charge in [0.1, 0.15) is 12.1 Å². The number of hydrogen-bond donors (Lipinski definition) is 2. The molecule has 0 bridgehead atoms. The van der Waals surface area contributed by atoms with E-state index >= 15 is 0 Å². The minimum absolute atomic E-state index is 0.0450. The maximum Gasteiger partial charge on any atom is 0.282 e. The number of rotatable bonds is 5. The molecule has 0 aliphatic carbocycles. The maximum atomic E-state index is 13.1. The number of para-hydroxylation sites is 3. The van der Waals surface area contributed by atoms with Crippen molar-refractivity contribution in [1.29, 1.82) is 0 Å². The molecule has 4 aromatic rings. The van der Waals surface area contributed by atoms with E-state index in [4.69, 9.17) is 0 Å². The number of amides is 3. The van der Waals surface area contributed by atoms with Gasteiger partial charge in [0.25, 0.3) is 11.8 Å². The van der Waals surface area contributed by atoms with E-state index in [0.717, 1.165) is 27.8 Å². The molecule has 3 amide bonds. The number of hydrogen-bond acceptors (Lipinski definition) is 3. The number of aromatic nitrogens is 1. The van der Waals surface area contributed by atoms with Crippen molar-refractivity contribution in [2.75, 3.05) is 10.3 Å². The van der Waals surface area contributed by atoms with Crippen molar-refractivity contribution in [3.63, 3.8) is 0 Å². The number of nitrogens with one attached hydrogen (secondary N) is 2. The minimum atomic E-state index is -0.466. The molecule has 1 aromatic heterocycles. The summed E-state index contributed by atoms with van der Waals surface area (Å²) < 4.78 is 1.90. The van der Waals surface area contributed by atoms with Crippen LogP contribution in [0.3, 0.4) is 0 Å². The summed E-state index contributed by atoms with van der Waals surface area (Å²) in [7, 11) is 0. The van der Waals surface area contributed by atoms with E-state index in [0.29, 0.717) is 5.69 Å². The summed E-state index contributed by atoms with van der Waals surface area (Å²) in [6.45, 7) is 1.98. The minimum Gasteiger partial charge on any atom is -0.335 e. The third-order valence-corrected chi connectivity index (χ3v) is 5.83. The van der Waals surface area contributed by atoms with Crippen LogP contribution in [0.4, 0.5) is 11.4 Å². The Balaban J connectivity index is 1.50. The Morgan fingerprint density at radius 2 is 1.56 bits per heavy atom. The number of fused-ring (bicyclic) bond motifs is 1. The van der Waals surface area contributed by atoms with Gasteiger partial charge in [-0.3, -0.25) is 19.8 Å². The number of hydrazine groups is 1. The van der Waals surface area contributed by atoms with Crippen LogP contribution in [0, 0.1) is 6.92 Å². The first-order valence-electron chi connectivity index (χ1n) is 10.9. The van der Waals surface area contributed by atoms with Gasteiger partial charge in [-0.1, -0.05) is 54.6 Å². The normalized spacial score (nSPS) is 14.6. The highest BCUT2D eigenvalue weighted by atomic mass is 16.2. The highest BCUT2D eigenvalue weighted by Crippen LogP contribution is 2.30. The quantitative estimate of drug-likeness (QED) is 0.355. The van der Waals surface area contributed by atoms with Gasteiger partial charge in [-0.05, 0) is 43.3 Å². The molecular weight excluding hydrogens is 428 g/mol. The second-order valence-electron chi connectivity index (χ2n) is 7.99. The largest absolute Gasteiger partial charge is 0.335 e. The van der Waals surface area contributed by atoms with Gasteiger partial charge in [0.2, 0.25) is 5.91 Å². The van der Waals surface area contributed by atoms with E-state index in [1.807, 2.05) is 72.2 Å². The fourth-order valence-corrected chi connectivity index (χ4v) is 4.17. The second-order valence-corrected chi connectivity index (χ2v) is 7.99. The standard InChI is InChI=1S/C27H22N4O3/c1-18-22(16-23-26(33)29-31(27(23)34)20-12-6-3-7-13-20)21-14-8-9-15-24(21)30(18)17-25(32)28-19-10-4-2-5-11-19/h2-16H,17H2,1H3,(H,28,32)(H,29,33)/b23-16-. The third-order valence-electron chi connectivity index (χ3n) is 5.83. The molecule has 2 heterocycles. The molecule has 0 atom stereocenters. The Kier molecular flexibility index (Phi) is 5.43. The molecular formula is C27H22N4O3. The summed E-state index contributed by atoms with van der Waals surface area (Å²) in [5, 5.41) is 5.01. The van der Waals surface area contributed by atoms with Gasteiger partial charge in [-0.2, -0.15) is 0 Å². The lowest BCUT2D eigenvalue weighted by molar-refractivity contribution is -0.118. The lowest BCUT2D eigenvalue weighted by atomic mass is 10.1. The zero-order chi connectivity index (χ0) is 23.7. The van der Waals surface area contributed by atoms with Gasteiger partial charge in [0.05, 0.1) is 5.69 Å². The van der Waals surface area contributed by atoms with Crippen LogP contribution in [-0.2, 0) is 20.9 Å². The highest BCUT2D eigenvalue weighted by molar-refractivity contribution is 6.32. The molecule has 1 saturated heterocycles. The van der Waals surface area contributed by atoms with E-state index in [1.165, 1.54) is 5.01 Å². The van der Waals surface area contributed by atoms with Crippen LogP contribution in [0.25, 0.3) is 17.0 Å². The van der Waals surface area contributed by atoms with Crippen molar-refractivity contribution >= 4 is 46.1 Å². The second kappa shape index (κ2) is 8.71. The van der Waals surface area contributed by atoms with Crippen molar-refractivity contribution in [3.8, 4) is 0 Å². The van der Waals surface area contributed by atoms with Gasteiger partial charge < -0.3 is 9.88 Å². The van der Waals surface area contributed by atoms with Gasteiger partial charge >= 0.3 is 0 Å². The molecule has 2 N–H and O–H groups in total. The number of carbonyl (C=O) groups excluding carboxylic acids is 3. The summed E-state index contributed by atoms with van der Waals surface area (Å²) in [6.07, 6.45) is 1.61. The zero-order valence-corrected chi connectivity index (χ0v) is 18.5. The molecule has 0 saturated carbocycles. The van der Waals surface area contributed by atoms with Gasteiger partial charge in [0, 0.05) is 27.8 Å².